The van der Waals surface area contributed by atoms with Crippen molar-refractivity contribution in [2.75, 3.05) is 11.9 Å². The molecule has 1 aromatic rings. The molecule has 1 rings (SSSR count). The zero-order valence-electron chi connectivity index (χ0n) is 8.33. The van der Waals surface area contributed by atoms with Gasteiger partial charge in [-0.3, -0.25) is 0 Å². The summed E-state index contributed by atoms with van der Waals surface area (Å²) in [7, 11) is 0. The third-order valence-electron chi connectivity index (χ3n) is 1.71. The minimum Gasteiger partial charge on any atom is -0.391 e. The van der Waals surface area contributed by atoms with Crippen molar-refractivity contribution in [2.45, 2.75) is 26.4 Å². The second-order valence-electron chi connectivity index (χ2n) is 3.64. The molecule has 0 saturated heterocycles. The van der Waals surface area contributed by atoms with Crippen LogP contribution in [0.4, 0.5) is 5.13 Å². The second-order valence-corrected chi connectivity index (χ2v) is 4.89. The van der Waals surface area contributed by atoms with Gasteiger partial charge in [0.25, 0.3) is 0 Å². The molecule has 2 N–H and O–H groups in total. The number of aliphatic hydroxyl groups is 1. The first-order valence-corrected chi connectivity index (χ1v) is 5.86. The number of rotatable bonds is 5. The lowest BCUT2D eigenvalue weighted by Gasteiger charge is -2.12. The highest BCUT2D eigenvalue weighted by Crippen LogP contribution is 2.18. The molecule has 80 valence electrons. The van der Waals surface area contributed by atoms with Crippen molar-refractivity contribution >= 4 is 28.1 Å². The number of nitrogens with one attached hydrogen (secondary N) is 1. The van der Waals surface area contributed by atoms with Gasteiger partial charge in [0, 0.05) is 11.9 Å². The van der Waals surface area contributed by atoms with Gasteiger partial charge in [-0.1, -0.05) is 25.4 Å². The quantitative estimate of drug-likeness (QED) is 0.823. The maximum atomic E-state index is 9.57. The van der Waals surface area contributed by atoms with Crippen LogP contribution >= 0.6 is 22.9 Å². The molecule has 0 radical (unpaired) electrons. The Hall–Kier alpha value is -0.320. The fourth-order valence-electron chi connectivity index (χ4n) is 1.17. The van der Waals surface area contributed by atoms with Crippen LogP contribution in [0.15, 0.2) is 5.38 Å². The van der Waals surface area contributed by atoms with Crippen LogP contribution in [-0.4, -0.2) is 22.7 Å². The minimum atomic E-state index is -0.322. The molecule has 0 spiro atoms. The molecule has 1 aromatic heterocycles. The highest BCUT2D eigenvalue weighted by molar-refractivity contribution is 7.14. The molecule has 3 nitrogen and oxygen atoms in total. The molecule has 14 heavy (non-hydrogen) atoms. The smallest absolute Gasteiger partial charge is 0.184 e. The lowest BCUT2D eigenvalue weighted by atomic mass is 10.1. The molecule has 0 fully saturated rings. The van der Waals surface area contributed by atoms with E-state index in [1.807, 2.05) is 0 Å². The third-order valence-corrected chi connectivity index (χ3v) is 2.83. The molecular weight excluding hydrogens is 220 g/mol. The molecule has 0 bridgehead atoms. The molecule has 1 unspecified atom stereocenters. The van der Waals surface area contributed by atoms with E-state index < -0.39 is 0 Å². The van der Waals surface area contributed by atoms with Gasteiger partial charge in [-0.2, -0.15) is 0 Å². The molecule has 0 aromatic carbocycles. The Balaban J connectivity index is 2.26. The van der Waals surface area contributed by atoms with Crippen LogP contribution in [0.25, 0.3) is 0 Å². The summed E-state index contributed by atoms with van der Waals surface area (Å²) in [5.74, 6) is 0.506. The van der Waals surface area contributed by atoms with Crippen LogP contribution < -0.4 is 5.32 Å². The number of aromatic nitrogens is 1. The van der Waals surface area contributed by atoms with Crippen molar-refractivity contribution in [3.8, 4) is 0 Å². The lowest BCUT2D eigenvalue weighted by Crippen LogP contribution is -2.21. The van der Waals surface area contributed by atoms with Crippen molar-refractivity contribution in [1.29, 1.82) is 0 Å². The van der Waals surface area contributed by atoms with E-state index in [0.29, 0.717) is 17.6 Å². The second kappa shape index (κ2) is 5.53. The summed E-state index contributed by atoms with van der Waals surface area (Å²) >= 11 is 7.10. The van der Waals surface area contributed by atoms with Crippen molar-refractivity contribution in [1.82, 2.24) is 4.98 Å². The molecule has 5 heteroatoms. The number of thiazole rings is 1. The van der Waals surface area contributed by atoms with E-state index in [1.165, 1.54) is 11.3 Å². The molecular formula is C9H15ClN2OS. The molecule has 0 amide bonds. The van der Waals surface area contributed by atoms with Gasteiger partial charge in [0.15, 0.2) is 5.13 Å². The molecule has 0 aliphatic rings. The summed E-state index contributed by atoms with van der Waals surface area (Å²) in [5, 5.41) is 15.6. The standard InChI is InChI=1S/C9H15ClN2OS/c1-6(2)3-7(13)4-11-9-12-8(10)5-14-9/h5-7,13H,3-4H2,1-2H3,(H,11,12). The Morgan fingerprint density at radius 2 is 2.36 bits per heavy atom. The SMILES string of the molecule is CC(C)CC(O)CNc1nc(Cl)cs1. The Morgan fingerprint density at radius 1 is 1.64 bits per heavy atom. The van der Waals surface area contributed by atoms with Gasteiger partial charge in [-0.25, -0.2) is 4.98 Å². The summed E-state index contributed by atoms with van der Waals surface area (Å²) in [6.45, 7) is 4.70. The number of hydrogen-bond acceptors (Lipinski definition) is 4. The van der Waals surface area contributed by atoms with Crippen LogP contribution in [0.1, 0.15) is 20.3 Å². The predicted octanol–water partition coefficient (Wildman–Crippen LogP) is 2.62. The minimum absolute atomic E-state index is 0.322. The Kier molecular flexibility index (Phi) is 4.65. The first kappa shape index (κ1) is 11.8. The lowest BCUT2D eigenvalue weighted by molar-refractivity contribution is 0.161. The van der Waals surface area contributed by atoms with Crippen molar-refractivity contribution < 1.29 is 5.11 Å². The van der Waals surface area contributed by atoms with Gasteiger partial charge in [-0.15, -0.1) is 11.3 Å². The number of anilines is 1. The molecule has 0 aliphatic carbocycles. The van der Waals surface area contributed by atoms with Crippen molar-refractivity contribution in [2.24, 2.45) is 5.92 Å². The highest BCUT2D eigenvalue weighted by atomic mass is 35.5. The normalized spacial score (nSPS) is 13.2. The topological polar surface area (TPSA) is 45.1 Å². The number of halogens is 1. The number of hydrogen-bond donors (Lipinski definition) is 2. The number of aliphatic hydroxyl groups excluding tert-OH is 1. The van der Waals surface area contributed by atoms with Crippen LogP contribution in [0.2, 0.25) is 5.15 Å². The first-order chi connectivity index (χ1) is 6.58. The van der Waals surface area contributed by atoms with Gasteiger partial charge in [0.1, 0.15) is 5.15 Å². The monoisotopic (exact) mass is 234 g/mol. The van der Waals surface area contributed by atoms with Gasteiger partial charge in [0.05, 0.1) is 6.10 Å². The summed E-state index contributed by atoms with van der Waals surface area (Å²) in [4.78, 5) is 4.02. The largest absolute Gasteiger partial charge is 0.391 e. The van der Waals surface area contributed by atoms with Crippen molar-refractivity contribution in [3.05, 3.63) is 10.5 Å². The first-order valence-electron chi connectivity index (χ1n) is 4.61. The van der Waals surface area contributed by atoms with E-state index >= 15 is 0 Å². The van der Waals surface area contributed by atoms with E-state index in [4.69, 9.17) is 11.6 Å². The number of nitrogens with zero attached hydrogens (tertiary/aromatic N) is 1. The molecule has 1 heterocycles. The fourth-order valence-corrected chi connectivity index (χ4v) is 2.02. The Labute approximate surface area is 93.1 Å². The van der Waals surface area contributed by atoms with E-state index in [-0.39, 0.29) is 6.10 Å². The van der Waals surface area contributed by atoms with E-state index in [9.17, 15) is 5.11 Å². The average molecular weight is 235 g/mol. The van der Waals surface area contributed by atoms with Crippen molar-refractivity contribution in [3.63, 3.8) is 0 Å². The maximum Gasteiger partial charge on any atom is 0.184 e. The summed E-state index contributed by atoms with van der Waals surface area (Å²) in [6, 6.07) is 0. The summed E-state index contributed by atoms with van der Waals surface area (Å²) < 4.78 is 0. The van der Waals surface area contributed by atoms with Gasteiger partial charge in [-0.05, 0) is 12.3 Å². The van der Waals surface area contributed by atoms with E-state index in [1.54, 1.807) is 5.38 Å². The van der Waals surface area contributed by atoms with E-state index in [2.05, 4.69) is 24.1 Å². The molecule has 1 atom stereocenters. The van der Waals surface area contributed by atoms with Crippen LogP contribution in [0.3, 0.4) is 0 Å². The Bertz CT molecular complexity index is 278. The predicted molar refractivity (Wildman–Crippen MR) is 61.1 cm³/mol. The fraction of sp³-hybridized carbons (Fsp3) is 0.667. The average Bonchev–Trinajstić information content (AvgIpc) is 2.47. The summed E-state index contributed by atoms with van der Waals surface area (Å²) in [5.41, 5.74) is 0. The zero-order chi connectivity index (χ0) is 10.6. The van der Waals surface area contributed by atoms with Crippen LogP contribution in [0, 0.1) is 5.92 Å². The third kappa shape index (κ3) is 4.26. The van der Waals surface area contributed by atoms with Gasteiger partial charge >= 0.3 is 0 Å². The highest BCUT2D eigenvalue weighted by Gasteiger charge is 2.07. The zero-order valence-corrected chi connectivity index (χ0v) is 9.90. The van der Waals surface area contributed by atoms with Gasteiger partial charge in [0.2, 0.25) is 0 Å². The van der Waals surface area contributed by atoms with Gasteiger partial charge < -0.3 is 10.4 Å². The maximum absolute atomic E-state index is 9.57. The van der Waals surface area contributed by atoms with Crippen LogP contribution in [0.5, 0.6) is 0 Å². The molecule has 0 saturated carbocycles. The van der Waals surface area contributed by atoms with E-state index in [0.717, 1.165) is 11.6 Å². The summed E-state index contributed by atoms with van der Waals surface area (Å²) in [6.07, 6.45) is 0.476. The van der Waals surface area contributed by atoms with Crippen LogP contribution in [-0.2, 0) is 0 Å². The Morgan fingerprint density at radius 3 is 2.86 bits per heavy atom. The molecule has 0 aliphatic heterocycles.